The van der Waals surface area contributed by atoms with Crippen LogP contribution in [0.15, 0.2) is 12.1 Å². The molecular formula is C13H20N4. The number of hydrogen-bond acceptors (Lipinski definition) is 2. The van der Waals surface area contributed by atoms with E-state index in [4.69, 9.17) is 0 Å². The summed E-state index contributed by atoms with van der Waals surface area (Å²) < 4.78 is 4.14. The van der Waals surface area contributed by atoms with Crippen LogP contribution in [-0.4, -0.2) is 19.6 Å². The topological polar surface area (TPSA) is 35.6 Å². The molecule has 0 fully saturated rings. The number of nitrogens with zero attached hydrogens (tertiary/aromatic N) is 4. The fraction of sp³-hybridized carbons (Fsp3) is 0.538. The van der Waals surface area contributed by atoms with E-state index in [0.29, 0.717) is 0 Å². The Kier molecular flexibility index (Phi) is 3.31. The zero-order valence-electron chi connectivity index (χ0n) is 11.1. The van der Waals surface area contributed by atoms with Gasteiger partial charge >= 0.3 is 0 Å². The van der Waals surface area contributed by atoms with Crippen LogP contribution in [0.25, 0.3) is 0 Å². The lowest BCUT2D eigenvalue weighted by Crippen LogP contribution is -2.08. The second-order valence-corrected chi connectivity index (χ2v) is 4.65. The standard InChI is InChI=1S/C13H20N4/c1-10-8-12(3)16(14-10)6-5-7-17-13(4)9-11(2)15-17/h8-9H,5-7H2,1-4H3. The predicted molar refractivity (Wildman–Crippen MR) is 68.0 cm³/mol. The molecule has 2 rings (SSSR count). The summed E-state index contributed by atoms with van der Waals surface area (Å²) in [5.41, 5.74) is 4.65. The molecule has 2 aromatic rings. The molecule has 0 N–H and O–H groups in total. The number of hydrogen-bond donors (Lipinski definition) is 0. The van der Waals surface area contributed by atoms with E-state index < -0.39 is 0 Å². The minimum atomic E-state index is 0.956. The molecular weight excluding hydrogens is 212 g/mol. The molecule has 0 aliphatic rings. The van der Waals surface area contributed by atoms with E-state index in [-0.39, 0.29) is 0 Å². The molecule has 0 saturated heterocycles. The fourth-order valence-corrected chi connectivity index (χ4v) is 2.17. The van der Waals surface area contributed by atoms with E-state index in [9.17, 15) is 0 Å². The average molecular weight is 232 g/mol. The van der Waals surface area contributed by atoms with Crippen molar-refractivity contribution >= 4 is 0 Å². The highest BCUT2D eigenvalue weighted by molar-refractivity contribution is 5.07. The first-order chi connectivity index (χ1) is 8.06. The lowest BCUT2D eigenvalue weighted by atomic mass is 10.3. The first-order valence-corrected chi connectivity index (χ1v) is 6.08. The molecule has 0 aromatic carbocycles. The van der Waals surface area contributed by atoms with Crippen molar-refractivity contribution in [2.45, 2.75) is 47.2 Å². The van der Waals surface area contributed by atoms with E-state index in [1.165, 1.54) is 11.4 Å². The smallest absolute Gasteiger partial charge is 0.0596 e. The second kappa shape index (κ2) is 4.73. The lowest BCUT2D eigenvalue weighted by Gasteiger charge is -2.06. The Morgan fingerprint density at radius 2 is 1.24 bits per heavy atom. The fourth-order valence-electron chi connectivity index (χ4n) is 2.17. The average Bonchev–Trinajstić information content (AvgIpc) is 2.71. The van der Waals surface area contributed by atoms with Gasteiger partial charge in [-0.2, -0.15) is 10.2 Å². The summed E-state index contributed by atoms with van der Waals surface area (Å²) in [5.74, 6) is 0. The van der Waals surface area contributed by atoms with Crippen LogP contribution in [0.3, 0.4) is 0 Å². The van der Waals surface area contributed by atoms with Crippen molar-refractivity contribution < 1.29 is 0 Å². The van der Waals surface area contributed by atoms with Gasteiger partial charge in [-0.25, -0.2) is 0 Å². The first kappa shape index (κ1) is 11.9. The predicted octanol–water partition coefficient (Wildman–Crippen LogP) is 2.40. The van der Waals surface area contributed by atoms with Crippen molar-refractivity contribution in [2.24, 2.45) is 0 Å². The molecule has 0 aliphatic heterocycles. The molecule has 0 aliphatic carbocycles. The van der Waals surface area contributed by atoms with Crippen LogP contribution in [0.1, 0.15) is 29.2 Å². The van der Waals surface area contributed by atoms with Gasteiger partial charge in [-0.1, -0.05) is 0 Å². The van der Waals surface area contributed by atoms with Crippen LogP contribution in [0, 0.1) is 27.7 Å². The van der Waals surface area contributed by atoms with Crippen LogP contribution in [0.5, 0.6) is 0 Å². The van der Waals surface area contributed by atoms with Crippen LogP contribution in [0.4, 0.5) is 0 Å². The van der Waals surface area contributed by atoms with E-state index in [1.807, 2.05) is 13.8 Å². The Labute approximate surface area is 102 Å². The monoisotopic (exact) mass is 232 g/mol. The lowest BCUT2D eigenvalue weighted by molar-refractivity contribution is 0.486. The van der Waals surface area contributed by atoms with Crippen molar-refractivity contribution in [3.63, 3.8) is 0 Å². The molecule has 4 heteroatoms. The first-order valence-electron chi connectivity index (χ1n) is 6.08. The summed E-state index contributed by atoms with van der Waals surface area (Å²) >= 11 is 0. The van der Waals surface area contributed by atoms with Gasteiger partial charge in [0, 0.05) is 24.5 Å². The van der Waals surface area contributed by atoms with Gasteiger partial charge in [0.1, 0.15) is 0 Å². The quantitative estimate of drug-likeness (QED) is 0.811. The van der Waals surface area contributed by atoms with Gasteiger partial charge in [-0.15, -0.1) is 0 Å². The van der Waals surface area contributed by atoms with E-state index in [1.54, 1.807) is 0 Å². The summed E-state index contributed by atoms with van der Waals surface area (Å²) in [4.78, 5) is 0. The van der Waals surface area contributed by atoms with Gasteiger partial charge in [0.05, 0.1) is 11.4 Å². The Morgan fingerprint density at radius 1 is 0.824 bits per heavy atom. The summed E-state index contributed by atoms with van der Waals surface area (Å²) in [5, 5.41) is 8.91. The molecule has 0 unspecified atom stereocenters. The van der Waals surface area contributed by atoms with Crippen LogP contribution in [0.2, 0.25) is 0 Å². The molecule has 0 bridgehead atoms. The molecule has 4 nitrogen and oxygen atoms in total. The van der Waals surface area contributed by atoms with Gasteiger partial charge in [-0.05, 0) is 46.2 Å². The summed E-state index contributed by atoms with van der Waals surface area (Å²) in [6.07, 6.45) is 1.06. The maximum atomic E-state index is 4.46. The Hall–Kier alpha value is -1.58. The number of aromatic nitrogens is 4. The molecule has 92 valence electrons. The molecule has 2 heterocycles. The van der Waals surface area contributed by atoms with E-state index in [0.717, 1.165) is 30.9 Å². The zero-order valence-corrected chi connectivity index (χ0v) is 11.1. The number of aryl methyl sites for hydroxylation is 6. The van der Waals surface area contributed by atoms with Crippen molar-refractivity contribution in [1.82, 2.24) is 19.6 Å². The maximum absolute atomic E-state index is 4.46. The molecule has 17 heavy (non-hydrogen) atoms. The third-order valence-corrected chi connectivity index (χ3v) is 2.95. The summed E-state index contributed by atoms with van der Waals surface area (Å²) in [6.45, 7) is 10.2. The van der Waals surface area contributed by atoms with Gasteiger partial charge < -0.3 is 0 Å². The molecule has 0 spiro atoms. The Bertz CT molecular complexity index is 461. The van der Waals surface area contributed by atoms with Gasteiger partial charge in [0.25, 0.3) is 0 Å². The SMILES string of the molecule is Cc1cc(C)n(CCCn2nc(C)cc2C)n1. The normalized spacial score (nSPS) is 11.1. The second-order valence-electron chi connectivity index (χ2n) is 4.65. The number of rotatable bonds is 4. The highest BCUT2D eigenvalue weighted by Gasteiger charge is 2.03. The Morgan fingerprint density at radius 3 is 1.53 bits per heavy atom. The van der Waals surface area contributed by atoms with Crippen molar-refractivity contribution in [1.29, 1.82) is 0 Å². The summed E-state index contributed by atoms with van der Waals surface area (Å²) in [7, 11) is 0. The van der Waals surface area contributed by atoms with Crippen LogP contribution in [-0.2, 0) is 13.1 Å². The van der Waals surface area contributed by atoms with Gasteiger partial charge in [-0.3, -0.25) is 9.36 Å². The van der Waals surface area contributed by atoms with E-state index >= 15 is 0 Å². The van der Waals surface area contributed by atoms with Crippen molar-refractivity contribution in [2.75, 3.05) is 0 Å². The highest BCUT2D eigenvalue weighted by Crippen LogP contribution is 2.06. The molecule has 2 aromatic heterocycles. The Balaban J connectivity index is 1.92. The third-order valence-electron chi connectivity index (χ3n) is 2.95. The minimum Gasteiger partial charge on any atom is -0.270 e. The van der Waals surface area contributed by atoms with Gasteiger partial charge in [0.2, 0.25) is 0 Å². The van der Waals surface area contributed by atoms with Crippen LogP contribution >= 0.6 is 0 Å². The molecule has 0 radical (unpaired) electrons. The third kappa shape index (κ3) is 2.75. The highest BCUT2D eigenvalue weighted by atomic mass is 15.3. The van der Waals surface area contributed by atoms with Crippen molar-refractivity contribution in [3.8, 4) is 0 Å². The van der Waals surface area contributed by atoms with Gasteiger partial charge in [0.15, 0.2) is 0 Å². The molecule has 0 atom stereocenters. The molecule has 0 saturated carbocycles. The zero-order chi connectivity index (χ0) is 12.4. The van der Waals surface area contributed by atoms with E-state index in [2.05, 4.69) is 45.5 Å². The maximum Gasteiger partial charge on any atom is 0.0596 e. The summed E-state index contributed by atoms with van der Waals surface area (Å²) in [6, 6.07) is 4.23. The largest absolute Gasteiger partial charge is 0.270 e. The minimum absolute atomic E-state index is 0.956. The van der Waals surface area contributed by atoms with Crippen molar-refractivity contribution in [3.05, 3.63) is 34.9 Å². The molecule has 0 amide bonds. The van der Waals surface area contributed by atoms with Crippen LogP contribution < -0.4 is 0 Å².